The molecule has 1 aromatic carbocycles. The maximum Gasteiger partial charge on any atom is 0.253 e. The fourth-order valence-electron chi connectivity index (χ4n) is 2.20. The lowest BCUT2D eigenvalue weighted by molar-refractivity contribution is 0.0783. The van der Waals surface area contributed by atoms with Crippen molar-refractivity contribution in [2.45, 2.75) is 20.3 Å². The zero-order chi connectivity index (χ0) is 13.5. The Hall–Kier alpha value is -1.09. The van der Waals surface area contributed by atoms with E-state index >= 15 is 0 Å². The van der Waals surface area contributed by atoms with Gasteiger partial charge in [0.25, 0.3) is 5.91 Å². The molecule has 0 heterocycles. The second kappa shape index (κ2) is 4.54. The Morgan fingerprint density at radius 1 is 1.50 bits per heavy atom. The Bertz CT molecular complexity index is 466. The van der Waals surface area contributed by atoms with Crippen LogP contribution in [-0.4, -0.2) is 24.4 Å². The van der Waals surface area contributed by atoms with Crippen LogP contribution in [0.5, 0.6) is 0 Å². The minimum atomic E-state index is -0.481. The summed E-state index contributed by atoms with van der Waals surface area (Å²) >= 11 is 5.75. The van der Waals surface area contributed by atoms with Crippen LogP contribution < -0.4 is 0 Å². The Labute approximate surface area is 112 Å². The van der Waals surface area contributed by atoms with E-state index in [-0.39, 0.29) is 10.9 Å². The number of benzene rings is 1. The molecule has 1 amide bonds. The molecule has 0 bridgehead atoms. The van der Waals surface area contributed by atoms with Gasteiger partial charge in [0.05, 0.1) is 0 Å². The molecule has 0 aromatic heterocycles. The zero-order valence-electron chi connectivity index (χ0n) is 10.8. The monoisotopic (exact) mass is 269 g/mol. The maximum atomic E-state index is 13.2. The third-order valence-corrected chi connectivity index (χ3v) is 3.89. The summed E-state index contributed by atoms with van der Waals surface area (Å²) in [4.78, 5) is 13.8. The molecule has 1 aromatic rings. The predicted octanol–water partition coefficient (Wildman–Crippen LogP) is 3.60. The molecule has 0 spiro atoms. The van der Waals surface area contributed by atoms with Gasteiger partial charge in [0.15, 0.2) is 0 Å². The largest absolute Gasteiger partial charge is 0.341 e. The molecule has 1 fully saturated rings. The van der Waals surface area contributed by atoms with Crippen LogP contribution in [0.25, 0.3) is 0 Å². The Morgan fingerprint density at radius 2 is 2.11 bits per heavy atom. The van der Waals surface area contributed by atoms with E-state index in [1.807, 2.05) is 0 Å². The number of carbonyl (C=O) groups excluding carboxylic acids is 1. The lowest BCUT2D eigenvalue weighted by atomic mass is 10.1. The highest BCUT2D eigenvalue weighted by atomic mass is 35.5. The van der Waals surface area contributed by atoms with Gasteiger partial charge < -0.3 is 4.90 Å². The molecule has 1 aliphatic rings. The van der Waals surface area contributed by atoms with Gasteiger partial charge in [-0.25, -0.2) is 4.39 Å². The number of halogens is 2. The Kier molecular flexibility index (Phi) is 3.37. The van der Waals surface area contributed by atoms with Crippen molar-refractivity contribution in [3.63, 3.8) is 0 Å². The van der Waals surface area contributed by atoms with Gasteiger partial charge in [-0.05, 0) is 36.0 Å². The normalized spacial score (nSPS) is 20.6. The van der Waals surface area contributed by atoms with E-state index in [0.29, 0.717) is 23.4 Å². The second-order valence-corrected chi connectivity index (χ2v) is 6.17. The highest BCUT2D eigenvalue weighted by molar-refractivity contribution is 6.31. The van der Waals surface area contributed by atoms with E-state index in [4.69, 9.17) is 11.6 Å². The molecule has 0 unspecified atom stereocenters. The van der Waals surface area contributed by atoms with Crippen molar-refractivity contribution in [2.24, 2.45) is 11.3 Å². The quantitative estimate of drug-likeness (QED) is 0.821. The summed E-state index contributed by atoms with van der Waals surface area (Å²) in [5, 5.41) is 0.249. The highest BCUT2D eigenvalue weighted by Crippen LogP contribution is 2.51. The summed E-state index contributed by atoms with van der Waals surface area (Å²) in [6, 6.07) is 3.92. The number of nitrogens with zero attached hydrogens (tertiary/aromatic N) is 1. The van der Waals surface area contributed by atoms with Crippen LogP contribution in [0.15, 0.2) is 18.2 Å². The number of amides is 1. The number of hydrogen-bond donors (Lipinski definition) is 0. The summed E-state index contributed by atoms with van der Waals surface area (Å²) in [6.45, 7) is 5.09. The molecule has 98 valence electrons. The van der Waals surface area contributed by atoms with Crippen LogP contribution in [0.4, 0.5) is 4.39 Å². The fourth-order valence-corrected chi connectivity index (χ4v) is 2.42. The summed E-state index contributed by atoms with van der Waals surface area (Å²) < 4.78 is 13.2. The predicted molar refractivity (Wildman–Crippen MR) is 70.3 cm³/mol. The van der Waals surface area contributed by atoms with Crippen LogP contribution in [-0.2, 0) is 0 Å². The first-order valence-corrected chi connectivity index (χ1v) is 6.39. The number of hydrogen-bond acceptors (Lipinski definition) is 1. The first kappa shape index (κ1) is 13.3. The molecule has 1 aliphatic carbocycles. The second-order valence-electron chi connectivity index (χ2n) is 5.73. The van der Waals surface area contributed by atoms with E-state index in [1.54, 1.807) is 11.9 Å². The maximum absolute atomic E-state index is 13.2. The van der Waals surface area contributed by atoms with Crippen LogP contribution in [0.2, 0.25) is 5.02 Å². The molecule has 18 heavy (non-hydrogen) atoms. The van der Waals surface area contributed by atoms with Crippen molar-refractivity contribution in [1.82, 2.24) is 4.90 Å². The van der Waals surface area contributed by atoms with Crippen molar-refractivity contribution in [2.75, 3.05) is 13.6 Å². The summed E-state index contributed by atoms with van der Waals surface area (Å²) in [5.74, 6) is -0.124. The summed E-state index contributed by atoms with van der Waals surface area (Å²) in [5.41, 5.74) is 0.634. The van der Waals surface area contributed by atoms with Crippen molar-refractivity contribution in [3.05, 3.63) is 34.6 Å². The van der Waals surface area contributed by atoms with Gasteiger partial charge in [-0.2, -0.15) is 0 Å². The zero-order valence-corrected chi connectivity index (χ0v) is 11.6. The van der Waals surface area contributed by atoms with Crippen molar-refractivity contribution >= 4 is 17.5 Å². The van der Waals surface area contributed by atoms with Crippen molar-refractivity contribution in [3.8, 4) is 0 Å². The molecular weight excluding hydrogens is 253 g/mol. The van der Waals surface area contributed by atoms with Gasteiger partial charge in [0, 0.05) is 24.2 Å². The van der Waals surface area contributed by atoms with Gasteiger partial charge in [-0.15, -0.1) is 0 Å². The minimum Gasteiger partial charge on any atom is -0.341 e. The lowest BCUT2D eigenvalue weighted by Crippen LogP contribution is -2.29. The first-order valence-electron chi connectivity index (χ1n) is 6.01. The number of carbonyl (C=O) groups is 1. The molecule has 4 heteroatoms. The third-order valence-electron chi connectivity index (χ3n) is 3.67. The Balaban J connectivity index is 2.06. The van der Waals surface area contributed by atoms with Crippen molar-refractivity contribution < 1.29 is 9.18 Å². The molecule has 1 saturated carbocycles. The average Bonchev–Trinajstić information content (AvgIpc) is 2.83. The molecule has 0 N–H and O–H groups in total. The molecule has 2 rings (SSSR count). The van der Waals surface area contributed by atoms with E-state index in [1.165, 1.54) is 18.2 Å². The van der Waals surface area contributed by atoms with E-state index in [2.05, 4.69) is 13.8 Å². The third kappa shape index (κ3) is 2.83. The SMILES string of the molecule is CN(C[C@@H]1CC1(C)C)C(=O)c1cc(F)cc(Cl)c1. The van der Waals surface area contributed by atoms with E-state index in [0.717, 1.165) is 6.42 Å². The average molecular weight is 270 g/mol. The van der Waals surface area contributed by atoms with E-state index < -0.39 is 5.82 Å². The Morgan fingerprint density at radius 3 is 2.61 bits per heavy atom. The fraction of sp³-hybridized carbons (Fsp3) is 0.500. The van der Waals surface area contributed by atoms with Crippen LogP contribution in [0.3, 0.4) is 0 Å². The smallest absolute Gasteiger partial charge is 0.253 e. The molecule has 0 saturated heterocycles. The van der Waals surface area contributed by atoms with Gasteiger partial charge in [-0.1, -0.05) is 25.4 Å². The number of rotatable bonds is 3. The van der Waals surface area contributed by atoms with E-state index in [9.17, 15) is 9.18 Å². The lowest BCUT2D eigenvalue weighted by Gasteiger charge is -2.18. The highest BCUT2D eigenvalue weighted by Gasteiger charge is 2.46. The molecular formula is C14H17ClFNO. The minimum absolute atomic E-state index is 0.181. The first-order chi connectivity index (χ1) is 8.29. The van der Waals surface area contributed by atoms with Gasteiger partial charge in [-0.3, -0.25) is 4.79 Å². The van der Waals surface area contributed by atoms with Crippen LogP contribution in [0.1, 0.15) is 30.6 Å². The molecule has 1 atom stereocenters. The van der Waals surface area contributed by atoms with Crippen LogP contribution >= 0.6 is 11.6 Å². The standard InChI is InChI=1S/C14H17ClFNO/c1-14(2)7-10(14)8-17(3)13(18)9-4-11(15)6-12(16)5-9/h4-6,10H,7-8H2,1-3H3/t10-/m0/s1. The topological polar surface area (TPSA) is 20.3 Å². The van der Waals surface area contributed by atoms with Crippen molar-refractivity contribution in [1.29, 1.82) is 0 Å². The molecule has 0 aliphatic heterocycles. The van der Waals surface area contributed by atoms with Gasteiger partial charge >= 0.3 is 0 Å². The summed E-state index contributed by atoms with van der Waals surface area (Å²) in [6.07, 6.45) is 1.13. The summed E-state index contributed by atoms with van der Waals surface area (Å²) in [7, 11) is 1.75. The van der Waals surface area contributed by atoms with Crippen LogP contribution in [0, 0.1) is 17.2 Å². The molecule has 2 nitrogen and oxygen atoms in total. The van der Waals surface area contributed by atoms with Gasteiger partial charge in [0.1, 0.15) is 5.82 Å². The van der Waals surface area contributed by atoms with Gasteiger partial charge in [0.2, 0.25) is 0 Å². The molecule has 0 radical (unpaired) electrons.